The lowest BCUT2D eigenvalue weighted by Crippen LogP contribution is -2.22. The topological polar surface area (TPSA) is 41.1 Å². The first kappa shape index (κ1) is 14.7. The first-order valence-corrected chi connectivity index (χ1v) is 6.78. The number of carbonyl (C=O) groups excluding carboxylic acids is 1. The van der Waals surface area contributed by atoms with Gasteiger partial charge in [0.15, 0.2) is 0 Å². The zero-order valence-corrected chi connectivity index (χ0v) is 11.7. The van der Waals surface area contributed by atoms with Crippen molar-refractivity contribution in [2.24, 2.45) is 0 Å². The number of anilines is 1. The zero-order valence-electron chi connectivity index (χ0n) is 11.7. The summed E-state index contributed by atoms with van der Waals surface area (Å²) in [5.41, 5.74) is 3.31. The van der Waals surface area contributed by atoms with E-state index in [-0.39, 0.29) is 5.91 Å². The summed E-state index contributed by atoms with van der Waals surface area (Å²) in [6, 6.07) is 6.13. The summed E-state index contributed by atoms with van der Waals surface area (Å²) in [4.78, 5) is 11.8. The van der Waals surface area contributed by atoms with Crippen molar-refractivity contribution >= 4 is 11.6 Å². The van der Waals surface area contributed by atoms with E-state index in [1.54, 1.807) is 0 Å². The molecule has 0 aromatic heterocycles. The van der Waals surface area contributed by atoms with Gasteiger partial charge < -0.3 is 10.6 Å². The molecule has 0 aliphatic carbocycles. The number of nitrogens with one attached hydrogen (secondary N) is 2. The van der Waals surface area contributed by atoms with Gasteiger partial charge in [-0.1, -0.05) is 32.0 Å². The lowest BCUT2D eigenvalue weighted by atomic mass is 10.1. The summed E-state index contributed by atoms with van der Waals surface area (Å²) >= 11 is 0. The molecule has 2 N–H and O–H groups in total. The van der Waals surface area contributed by atoms with E-state index in [1.807, 2.05) is 19.1 Å². The van der Waals surface area contributed by atoms with Crippen molar-refractivity contribution in [3.05, 3.63) is 29.3 Å². The molecule has 1 amide bonds. The molecule has 18 heavy (non-hydrogen) atoms. The van der Waals surface area contributed by atoms with Crippen LogP contribution >= 0.6 is 0 Å². The second-order valence-electron chi connectivity index (χ2n) is 4.51. The molecule has 0 spiro atoms. The fraction of sp³-hybridized carbons (Fsp3) is 0.533. The van der Waals surface area contributed by atoms with Gasteiger partial charge in [-0.2, -0.15) is 0 Å². The first-order valence-electron chi connectivity index (χ1n) is 6.78. The Morgan fingerprint density at radius 2 is 2.00 bits per heavy atom. The van der Waals surface area contributed by atoms with Crippen LogP contribution in [0.25, 0.3) is 0 Å². The van der Waals surface area contributed by atoms with Gasteiger partial charge in [-0.3, -0.25) is 4.79 Å². The summed E-state index contributed by atoms with van der Waals surface area (Å²) in [6.07, 6.45) is 2.56. The molecule has 1 aromatic rings. The highest BCUT2D eigenvalue weighted by atomic mass is 16.1. The fourth-order valence-electron chi connectivity index (χ4n) is 1.91. The third-order valence-electron chi connectivity index (χ3n) is 2.96. The van der Waals surface area contributed by atoms with E-state index in [0.29, 0.717) is 6.42 Å². The SMILES string of the molecule is CCCNCCC(=O)Nc1c(C)cccc1CC. The van der Waals surface area contributed by atoms with Gasteiger partial charge >= 0.3 is 0 Å². The van der Waals surface area contributed by atoms with Crippen molar-refractivity contribution in [3.8, 4) is 0 Å². The third-order valence-corrected chi connectivity index (χ3v) is 2.96. The van der Waals surface area contributed by atoms with Gasteiger partial charge in [0.25, 0.3) is 0 Å². The average molecular weight is 248 g/mol. The maximum absolute atomic E-state index is 11.8. The minimum Gasteiger partial charge on any atom is -0.326 e. The van der Waals surface area contributed by atoms with E-state index in [1.165, 1.54) is 5.56 Å². The van der Waals surface area contributed by atoms with Crippen LogP contribution in [0.4, 0.5) is 5.69 Å². The van der Waals surface area contributed by atoms with E-state index in [4.69, 9.17) is 0 Å². The molecule has 0 bridgehead atoms. The summed E-state index contributed by atoms with van der Waals surface area (Å²) in [5, 5.41) is 6.26. The monoisotopic (exact) mass is 248 g/mol. The maximum Gasteiger partial charge on any atom is 0.225 e. The molecular formula is C15H24N2O. The highest BCUT2D eigenvalue weighted by molar-refractivity contribution is 5.92. The minimum absolute atomic E-state index is 0.0857. The van der Waals surface area contributed by atoms with Gasteiger partial charge in [-0.15, -0.1) is 0 Å². The molecule has 0 aliphatic rings. The Morgan fingerprint density at radius 1 is 1.22 bits per heavy atom. The van der Waals surface area contributed by atoms with Crippen LogP contribution in [-0.4, -0.2) is 19.0 Å². The van der Waals surface area contributed by atoms with Crippen LogP contribution < -0.4 is 10.6 Å². The second-order valence-corrected chi connectivity index (χ2v) is 4.51. The van der Waals surface area contributed by atoms with Gasteiger partial charge in [0.05, 0.1) is 0 Å². The Kier molecular flexibility index (Phi) is 6.44. The molecule has 1 rings (SSSR count). The van der Waals surface area contributed by atoms with Crippen LogP contribution in [0.5, 0.6) is 0 Å². The number of aryl methyl sites for hydroxylation is 2. The molecule has 0 fully saturated rings. The smallest absolute Gasteiger partial charge is 0.225 e. The van der Waals surface area contributed by atoms with Crippen LogP contribution in [0, 0.1) is 6.92 Å². The number of hydrogen-bond acceptors (Lipinski definition) is 2. The Morgan fingerprint density at radius 3 is 2.67 bits per heavy atom. The van der Waals surface area contributed by atoms with Crippen molar-refractivity contribution in [1.82, 2.24) is 5.32 Å². The molecule has 3 heteroatoms. The summed E-state index contributed by atoms with van der Waals surface area (Å²) in [6.45, 7) is 7.97. The van der Waals surface area contributed by atoms with Crippen molar-refractivity contribution in [3.63, 3.8) is 0 Å². The number of benzene rings is 1. The minimum atomic E-state index is 0.0857. The lowest BCUT2D eigenvalue weighted by Gasteiger charge is -2.13. The summed E-state index contributed by atoms with van der Waals surface area (Å²) in [5.74, 6) is 0.0857. The van der Waals surface area contributed by atoms with Gasteiger partial charge in [0.1, 0.15) is 0 Å². The van der Waals surface area contributed by atoms with E-state index >= 15 is 0 Å². The quantitative estimate of drug-likeness (QED) is 0.728. The molecule has 0 aliphatic heterocycles. The molecule has 1 aromatic carbocycles. The Bertz CT molecular complexity index is 388. The van der Waals surface area contributed by atoms with Gasteiger partial charge in [-0.25, -0.2) is 0 Å². The summed E-state index contributed by atoms with van der Waals surface area (Å²) in [7, 11) is 0. The van der Waals surface area contributed by atoms with Crippen LogP contribution in [-0.2, 0) is 11.2 Å². The largest absolute Gasteiger partial charge is 0.326 e. The first-order chi connectivity index (χ1) is 8.69. The predicted octanol–water partition coefficient (Wildman–Crippen LogP) is 2.89. The molecule has 0 atom stereocenters. The van der Waals surface area contributed by atoms with Gasteiger partial charge in [0.2, 0.25) is 5.91 Å². The number of amides is 1. The van der Waals surface area contributed by atoms with Crippen molar-refractivity contribution in [2.75, 3.05) is 18.4 Å². The third kappa shape index (κ3) is 4.49. The number of hydrogen-bond donors (Lipinski definition) is 2. The van der Waals surface area contributed by atoms with Gasteiger partial charge in [-0.05, 0) is 37.4 Å². The van der Waals surface area contributed by atoms with Crippen molar-refractivity contribution in [1.29, 1.82) is 0 Å². The molecule has 3 nitrogen and oxygen atoms in total. The fourth-order valence-corrected chi connectivity index (χ4v) is 1.91. The molecular weight excluding hydrogens is 224 g/mol. The Balaban J connectivity index is 2.53. The van der Waals surface area contributed by atoms with Crippen LogP contribution in [0.3, 0.4) is 0 Å². The second kappa shape index (κ2) is 7.88. The van der Waals surface area contributed by atoms with E-state index < -0.39 is 0 Å². The zero-order chi connectivity index (χ0) is 13.4. The van der Waals surface area contributed by atoms with Crippen LogP contribution in [0.1, 0.15) is 37.8 Å². The average Bonchev–Trinajstić information content (AvgIpc) is 2.37. The normalized spacial score (nSPS) is 10.4. The maximum atomic E-state index is 11.8. The number of carbonyl (C=O) groups is 1. The highest BCUT2D eigenvalue weighted by Gasteiger charge is 2.07. The Hall–Kier alpha value is -1.35. The summed E-state index contributed by atoms with van der Waals surface area (Å²) < 4.78 is 0. The molecule has 100 valence electrons. The number of para-hydroxylation sites is 1. The van der Waals surface area contributed by atoms with Crippen molar-refractivity contribution in [2.45, 2.75) is 40.0 Å². The van der Waals surface area contributed by atoms with Crippen LogP contribution in [0.15, 0.2) is 18.2 Å². The molecule has 0 saturated carbocycles. The molecule has 0 heterocycles. The van der Waals surface area contributed by atoms with Crippen LogP contribution in [0.2, 0.25) is 0 Å². The standard InChI is InChI=1S/C15H24N2O/c1-4-10-16-11-9-14(18)17-15-12(3)7-6-8-13(15)5-2/h6-8,16H,4-5,9-11H2,1-3H3,(H,17,18). The molecule has 0 unspecified atom stereocenters. The lowest BCUT2D eigenvalue weighted by molar-refractivity contribution is -0.116. The Labute approximate surface area is 110 Å². The van der Waals surface area contributed by atoms with E-state index in [2.05, 4.69) is 30.5 Å². The van der Waals surface area contributed by atoms with Gasteiger partial charge in [0, 0.05) is 18.7 Å². The number of rotatable bonds is 7. The van der Waals surface area contributed by atoms with Crippen molar-refractivity contribution < 1.29 is 4.79 Å². The van der Waals surface area contributed by atoms with E-state index in [9.17, 15) is 4.79 Å². The molecule has 0 radical (unpaired) electrons. The highest BCUT2D eigenvalue weighted by Crippen LogP contribution is 2.21. The molecule has 0 saturated heterocycles. The van der Waals surface area contributed by atoms with E-state index in [0.717, 1.165) is 37.2 Å². The predicted molar refractivity (Wildman–Crippen MR) is 77.0 cm³/mol.